The number of hydrogen-bond donors (Lipinski definition) is 0. The van der Waals surface area contributed by atoms with Gasteiger partial charge >= 0.3 is 0 Å². The van der Waals surface area contributed by atoms with Crippen LogP contribution in [-0.2, 0) is 0 Å². The molecule has 0 aliphatic carbocycles. The molecule has 0 amide bonds. The zero-order valence-electron chi connectivity index (χ0n) is 10.7. The molecule has 0 N–H and O–H groups in total. The Morgan fingerprint density at radius 2 is 1.30 bits per heavy atom. The molecule has 0 bridgehead atoms. The van der Waals surface area contributed by atoms with E-state index in [1.54, 1.807) is 24.3 Å². The molecule has 1 heterocycles. The lowest BCUT2D eigenvalue weighted by molar-refractivity contribution is 0.627. The second-order valence-electron chi connectivity index (χ2n) is 4.45. The van der Waals surface area contributed by atoms with Gasteiger partial charge in [0.2, 0.25) is 0 Å². The van der Waals surface area contributed by atoms with Crippen LogP contribution in [0.3, 0.4) is 0 Å². The predicted octanol–water partition coefficient (Wildman–Crippen LogP) is 5.06. The smallest absolute Gasteiger partial charge is 0.124 e. The van der Waals surface area contributed by atoms with Crippen molar-refractivity contribution in [1.29, 1.82) is 0 Å². The minimum atomic E-state index is -0.263. The average molecular weight is 287 g/mol. The molecule has 0 aliphatic rings. The highest BCUT2D eigenvalue weighted by Gasteiger charge is 2.11. The zero-order valence-corrected chi connectivity index (χ0v) is 11.5. The van der Waals surface area contributed by atoms with Crippen molar-refractivity contribution in [1.82, 2.24) is 4.98 Å². The summed E-state index contributed by atoms with van der Waals surface area (Å²) in [5.74, 6) is -0.518. The molecule has 0 aliphatic heterocycles. The summed E-state index contributed by atoms with van der Waals surface area (Å²) in [6.07, 6.45) is 0. The Labute approximate surface area is 119 Å². The number of nitrogens with zero attached hydrogens (tertiary/aromatic N) is 1. The number of benzene rings is 2. The first kappa shape index (κ1) is 12.9. The number of aromatic nitrogens is 1. The Bertz CT molecular complexity index is 730. The zero-order chi connectivity index (χ0) is 14.1. The van der Waals surface area contributed by atoms with Gasteiger partial charge in [0.1, 0.15) is 16.6 Å². The third kappa shape index (κ3) is 2.47. The quantitative estimate of drug-likeness (QED) is 0.641. The van der Waals surface area contributed by atoms with E-state index in [4.69, 9.17) is 0 Å². The van der Waals surface area contributed by atoms with Crippen molar-refractivity contribution in [3.63, 3.8) is 0 Å². The minimum Gasteiger partial charge on any atom is -0.241 e. The van der Waals surface area contributed by atoms with Gasteiger partial charge in [-0.2, -0.15) is 0 Å². The van der Waals surface area contributed by atoms with Crippen molar-refractivity contribution in [3.05, 3.63) is 65.9 Å². The van der Waals surface area contributed by atoms with Gasteiger partial charge in [0, 0.05) is 5.56 Å². The summed E-state index contributed by atoms with van der Waals surface area (Å²) in [7, 11) is 0. The summed E-state index contributed by atoms with van der Waals surface area (Å²) < 4.78 is 25.9. The van der Waals surface area contributed by atoms with Crippen LogP contribution < -0.4 is 0 Å². The predicted molar refractivity (Wildman–Crippen MR) is 77.6 cm³/mol. The molecule has 0 saturated heterocycles. The minimum absolute atomic E-state index is 0.255. The molecule has 0 unspecified atom stereocenters. The molecule has 1 nitrogen and oxygen atoms in total. The molecule has 0 radical (unpaired) electrons. The largest absolute Gasteiger partial charge is 0.241 e. The van der Waals surface area contributed by atoms with Gasteiger partial charge in [0.05, 0.1) is 10.6 Å². The number of aryl methyl sites for hydroxylation is 1. The molecule has 4 heteroatoms. The number of thiazole rings is 1. The lowest BCUT2D eigenvalue weighted by Gasteiger charge is -1.97. The standard InChI is InChI=1S/C16H11F2NS/c1-10-15(11-2-6-13(17)7-3-11)20-16(19-10)12-4-8-14(18)9-5-12/h2-9H,1H3. The maximum Gasteiger partial charge on any atom is 0.124 e. The number of rotatable bonds is 2. The highest BCUT2D eigenvalue weighted by Crippen LogP contribution is 2.35. The van der Waals surface area contributed by atoms with Gasteiger partial charge in [0.15, 0.2) is 0 Å². The van der Waals surface area contributed by atoms with Gasteiger partial charge in [-0.25, -0.2) is 13.8 Å². The van der Waals surface area contributed by atoms with Crippen molar-refractivity contribution in [2.75, 3.05) is 0 Å². The second-order valence-corrected chi connectivity index (χ2v) is 5.45. The molecule has 0 spiro atoms. The van der Waals surface area contributed by atoms with Crippen LogP contribution in [-0.4, -0.2) is 4.98 Å². The first-order chi connectivity index (χ1) is 9.63. The Balaban J connectivity index is 2.02. The molecule has 100 valence electrons. The van der Waals surface area contributed by atoms with E-state index in [0.29, 0.717) is 0 Å². The van der Waals surface area contributed by atoms with Gasteiger partial charge in [-0.1, -0.05) is 12.1 Å². The summed E-state index contributed by atoms with van der Waals surface area (Å²) in [5.41, 5.74) is 2.71. The van der Waals surface area contributed by atoms with E-state index in [1.165, 1.54) is 35.6 Å². The molecule has 2 aromatic carbocycles. The monoisotopic (exact) mass is 287 g/mol. The van der Waals surface area contributed by atoms with Crippen molar-refractivity contribution >= 4 is 11.3 Å². The second kappa shape index (κ2) is 5.13. The SMILES string of the molecule is Cc1nc(-c2ccc(F)cc2)sc1-c1ccc(F)cc1. The normalized spacial score (nSPS) is 10.8. The van der Waals surface area contributed by atoms with Crippen molar-refractivity contribution in [2.45, 2.75) is 6.92 Å². The first-order valence-corrected chi connectivity index (χ1v) is 6.94. The van der Waals surface area contributed by atoms with E-state index in [0.717, 1.165) is 26.7 Å². The Hall–Kier alpha value is -2.07. The summed E-state index contributed by atoms with van der Waals surface area (Å²) in [4.78, 5) is 5.52. The molecular weight excluding hydrogens is 276 g/mol. The van der Waals surface area contributed by atoms with E-state index in [-0.39, 0.29) is 11.6 Å². The van der Waals surface area contributed by atoms with Crippen LogP contribution in [0, 0.1) is 18.6 Å². The van der Waals surface area contributed by atoms with Gasteiger partial charge < -0.3 is 0 Å². The maximum absolute atomic E-state index is 13.0. The van der Waals surface area contributed by atoms with Crippen LogP contribution >= 0.6 is 11.3 Å². The van der Waals surface area contributed by atoms with E-state index in [1.807, 2.05) is 6.92 Å². The number of halogens is 2. The molecule has 0 atom stereocenters. The first-order valence-electron chi connectivity index (χ1n) is 6.13. The van der Waals surface area contributed by atoms with Crippen LogP contribution in [0.5, 0.6) is 0 Å². The topological polar surface area (TPSA) is 12.9 Å². The van der Waals surface area contributed by atoms with Gasteiger partial charge in [-0.05, 0) is 48.9 Å². The molecule has 0 fully saturated rings. The molecule has 3 rings (SSSR count). The molecule has 0 saturated carbocycles. The van der Waals surface area contributed by atoms with Crippen LogP contribution in [0.25, 0.3) is 21.0 Å². The Kier molecular flexibility index (Phi) is 3.32. The van der Waals surface area contributed by atoms with Crippen LogP contribution in [0.2, 0.25) is 0 Å². The van der Waals surface area contributed by atoms with Crippen LogP contribution in [0.4, 0.5) is 8.78 Å². The van der Waals surface area contributed by atoms with Crippen LogP contribution in [0.15, 0.2) is 48.5 Å². The fourth-order valence-corrected chi connectivity index (χ4v) is 3.06. The molecule has 1 aromatic heterocycles. The summed E-state index contributed by atoms with van der Waals surface area (Å²) in [5, 5.41) is 0.835. The fourth-order valence-electron chi connectivity index (χ4n) is 1.98. The van der Waals surface area contributed by atoms with E-state index >= 15 is 0 Å². The Morgan fingerprint density at radius 1 is 0.800 bits per heavy atom. The Morgan fingerprint density at radius 3 is 1.85 bits per heavy atom. The van der Waals surface area contributed by atoms with E-state index in [2.05, 4.69) is 4.98 Å². The number of hydrogen-bond acceptors (Lipinski definition) is 2. The summed E-state index contributed by atoms with van der Waals surface area (Å²) in [6.45, 7) is 1.92. The van der Waals surface area contributed by atoms with Crippen molar-refractivity contribution in [2.24, 2.45) is 0 Å². The van der Waals surface area contributed by atoms with Crippen molar-refractivity contribution < 1.29 is 8.78 Å². The highest BCUT2D eigenvalue weighted by molar-refractivity contribution is 7.18. The molecule has 20 heavy (non-hydrogen) atoms. The molecule has 3 aromatic rings. The highest BCUT2D eigenvalue weighted by atomic mass is 32.1. The third-order valence-corrected chi connectivity index (χ3v) is 4.25. The van der Waals surface area contributed by atoms with Crippen molar-refractivity contribution in [3.8, 4) is 21.0 Å². The average Bonchev–Trinajstić information content (AvgIpc) is 2.82. The maximum atomic E-state index is 13.0. The van der Waals surface area contributed by atoms with E-state index in [9.17, 15) is 8.78 Å². The third-order valence-electron chi connectivity index (χ3n) is 2.99. The van der Waals surface area contributed by atoms with Crippen LogP contribution in [0.1, 0.15) is 5.69 Å². The van der Waals surface area contributed by atoms with E-state index < -0.39 is 0 Å². The molecular formula is C16H11F2NS. The van der Waals surface area contributed by atoms with Gasteiger partial charge in [-0.3, -0.25) is 0 Å². The van der Waals surface area contributed by atoms with Gasteiger partial charge in [0.25, 0.3) is 0 Å². The fraction of sp³-hybridized carbons (Fsp3) is 0.0625. The lowest BCUT2D eigenvalue weighted by Crippen LogP contribution is -1.79. The van der Waals surface area contributed by atoms with Gasteiger partial charge in [-0.15, -0.1) is 11.3 Å². The summed E-state index contributed by atoms with van der Waals surface area (Å²) in [6, 6.07) is 12.6. The summed E-state index contributed by atoms with van der Waals surface area (Å²) >= 11 is 1.52. The lowest BCUT2D eigenvalue weighted by atomic mass is 10.1.